The van der Waals surface area contributed by atoms with Crippen LogP contribution in [0.25, 0.3) is 0 Å². The number of ether oxygens (including phenoxy) is 1. The van der Waals surface area contributed by atoms with Crippen molar-refractivity contribution >= 4 is 58.0 Å². The average Bonchev–Trinajstić information content (AvgIpc) is 2.32. The fourth-order valence-electron chi connectivity index (χ4n) is 1.06. The molecule has 3 nitrogen and oxygen atoms in total. The Balaban J connectivity index is 2.67. The monoisotopic (exact) mass is 328 g/mol. The lowest BCUT2D eigenvalue weighted by Crippen LogP contribution is -2.21. The van der Waals surface area contributed by atoms with Crippen LogP contribution in [0.3, 0.4) is 0 Å². The van der Waals surface area contributed by atoms with Crippen LogP contribution in [0.4, 0.5) is 0 Å². The molecule has 0 amide bonds. The number of hydrogen-bond donors (Lipinski definition) is 0. The number of carbonyl (C=O) groups excluding carboxylic acids is 2. The third kappa shape index (κ3) is 4.32. The Bertz CT molecular complexity index is 474. The lowest BCUT2D eigenvalue weighted by Gasteiger charge is -2.08. The maximum atomic E-state index is 11.3. The minimum Gasteiger partial charge on any atom is -0.484 e. The van der Waals surface area contributed by atoms with Crippen molar-refractivity contribution in [3.05, 3.63) is 27.2 Å². The second kappa shape index (κ2) is 7.19. The van der Waals surface area contributed by atoms with Gasteiger partial charge in [0.05, 0.1) is 15.1 Å². The quantitative estimate of drug-likeness (QED) is 0.453. The van der Waals surface area contributed by atoms with Crippen LogP contribution in [0.1, 0.15) is 6.42 Å². The number of halogens is 4. The van der Waals surface area contributed by atoms with Crippen molar-refractivity contribution in [3.8, 4) is 5.75 Å². The molecule has 1 aromatic carbocycles. The number of ketones is 2. The number of benzene rings is 1. The standard InChI is InChI=1S/C11H8Cl4O3/c12-2-1-9(16)10(17)5-18-11-4-7(14)6(13)3-8(11)15/h3-4H,1-2,5H2. The molecule has 0 aromatic heterocycles. The Labute approximate surface area is 124 Å². The van der Waals surface area contributed by atoms with Gasteiger partial charge in [-0.1, -0.05) is 34.8 Å². The van der Waals surface area contributed by atoms with Crippen molar-refractivity contribution in [1.82, 2.24) is 0 Å². The Morgan fingerprint density at radius 1 is 1.00 bits per heavy atom. The molecule has 1 aromatic rings. The van der Waals surface area contributed by atoms with Crippen LogP contribution in [0.15, 0.2) is 12.1 Å². The minimum absolute atomic E-state index is 0.0150. The van der Waals surface area contributed by atoms with Crippen molar-refractivity contribution in [3.63, 3.8) is 0 Å². The summed E-state index contributed by atoms with van der Waals surface area (Å²) < 4.78 is 5.11. The molecule has 1 rings (SSSR count). The average molecular weight is 330 g/mol. The highest BCUT2D eigenvalue weighted by atomic mass is 35.5. The maximum Gasteiger partial charge on any atom is 0.235 e. The van der Waals surface area contributed by atoms with E-state index < -0.39 is 18.2 Å². The smallest absolute Gasteiger partial charge is 0.235 e. The fourth-order valence-corrected chi connectivity index (χ4v) is 1.83. The summed E-state index contributed by atoms with van der Waals surface area (Å²) in [7, 11) is 0. The highest BCUT2D eigenvalue weighted by molar-refractivity contribution is 6.43. The van der Waals surface area contributed by atoms with Crippen molar-refractivity contribution in [2.24, 2.45) is 0 Å². The molecule has 0 aliphatic heterocycles. The van der Waals surface area contributed by atoms with E-state index in [1.54, 1.807) is 0 Å². The molecule has 0 unspecified atom stereocenters. The van der Waals surface area contributed by atoms with E-state index in [4.69, 9.17) is 51.1 Å². The van der Waals surface area contributed by atoms with Crippen LogP contribution in [0.2, 0.25) is 15.1 Å². The molecule has 0 N–H and O–H groups in total. The summed E-state index contributed by atoms with van der Waals surface area (Å²) >= 11 is 22.7. The first-order valence-corrected chi connectivity index (χ1v) is 6.52. The summed E-state index contributed by atoms with van der Waals surface area (Å²) in [5.41, 5.74) is 0. The molecular formula is C11H8Cl4O3. The number of Topliss-reactive ketones (excluding diaryl/α,β-unsaturated/α-hetero) is 2. The van der Waals surface area contributed by atoms with Gasteiger partial charge in [-0.3, -0.25) is 9.59 Å². The first-order valence-electron chi connectivity index (χ1n) is 4.85. The zero-order valence-corrected chi connectivity index (χ0v) is 12.0. The van der Waals surface area contributed by atoms with Crippen molar-refractivity contribution in [1.29, 1.82) is 0 Å². The molecule has 0 fully saturated rings. The Morgan fingerprint density at radius 3 is 2.22 bits per heavy atom. The van der Waals surface area contributed by atoms with Crippen molar-refractivity contribution in [2.75, 3.05) is 12.5 Å². The molecule has 0 atom stereocenters. The summed E-state index contributed by atoms with van der Waals surface area (Å²) in [6.45, 7) is -0.409. The Hall–Kier alpha value is -0.480. The first kappa shape index (κ1) is 15.6. The van der Waals surface area contributed by atoms with Crippen LogP contribution in [0, 0.1) is 0 Å². The number of hydrogen-bond acceptors (Lipinski definition) is 3. The van der Waals surface area contributed by atoms with Gasteiger partial charge in [0.1, 0.15) is 5.75 Å². The third-order valence-corrected chi connectivity index (χ3v) is 3.17. The van der Waals surface area contributed by atoms with E-state index in [0.717, 1.165) is 0 Å². The molecule has 0 spiro atoms. The van der Waals surface area contributed by atoms with E-state index >= 15 is 0 Å². The van der Waals surface area contributed by atoms with Gasteiger partial charge in [0.2, 0.25) is 11.6 Å². The number of rotatable bonds is 6. The largest absolute Gasteiger partial charge is 0.484 e. The molecule has 98 valence electrons. The maximum absolute atomic E-state index is 11.3. The summed E-state index contributed by atoms with van der Waals surface area (Å²) in [6, 6.07) is 2.78. The topological polar surface area (TPSA) is 43.4 Å². The molecule has 0 heterocycles. The fraction of sp³-hybridized carbons (Fsp3) is 0.273. The van der Waals surface area contributed by atoms with Gasteiger partial charge in [0.15, 0.2) is 6.61 Å². The molecule has 0 radical (unpaired) electrons. The highest BCUT2D eigenvalue weighted by Gasteiger charge is 2.15. The van der Waals surface area contributed by atoms with Crippen LogP contribution < -0.4 is 4.74 Å². The molecule has 7 heteroatoms. The van der Waals surface area contributed by atoms with Crippen LogP contribution in [-0.4, -0.2) is 24.1 Å². The molecule has 0 aliphatic carbocycles. The normalized spacial score (nSPS) is 10.2. The van der Waals surface area contributed by atoms with Gasteiger partial charge < -0.3 is 4.74 Å². The van der Waals surface area contributed by atoms with Gasteiger partial charge in [0, 0.05) is 18.4 Å². The lowest BCUT2D eigenvalue weighted by atomic mass is 10.2. The predicted molar refractivity (Wildman–Crippen MR) is 72.3 cm³/mol. The van der Waals surface area contributed by atoms with Gasteiger partial charge in [-0.05, 0) is 6.07 Å². The van der Waals surface area contributed by atoms with E-state index in [9.17, 15) is 9.59 Å². The van der Waals surface area contributed by atoms with Gasteiger partial charge in [-0.2, -0.15) is 0 Å². The third-order valence-electron chi connectivity index (χ3n) is 1.97. The zero-order valence-electron chi connectivity index (χ0n) is 9.01. The van der Waals surface area contributed by atoms with Gasteiger partial charge in [0.25, 0.3) is 0 Å². The predicted octanol–water partition coefficient (Wildman–Crippen LogP) is 3.79. The molecule has 0 bridgehead atoms. The first-order chi connectivity index (χ1) is 8.45. The van der Waals surface area contributed by atoms with Crippen LogP contribution >= 0.6 is 46.4 Å². The number of alkyl halides is 1. The van der Waals surface area contributed by atoms with E-state index in [1.807, 2.05) is 0 Å². The van der Waals surface area contributed by atoms with E-state index in [-0.39, 0.29) is 33.1 Å². The van der Waals surface area contributed by atoms with E-state index in [2.05, 4.69) is 0 Å². The molecule has 0 saturated carbocycles. The second-order valence-corrected chi connectivity index (χ2v) is 4.87. The second-order valence-electron chi connectivity index (χ2n) is 3.27. The summed E-state index contributed by atoms with van der Waals surface area (Å²) in [5, 5.41) is 0.733. The Kier molecular flexibility index (Phi) is 6.22. The van der Waals surface area contributed by atoms with Crippen molar-refractivity contribution < 1.29 is 14.3 Å². The van der Waals surface area contributed by atoms with Gasteiger partial charge in [-0.25, -0.2) is 0 Å². The van der Waals surface area contributed by atoms with Gasteiger partial charge >= 0.3 is 0 Å². The summed E-state index contributed by atoms with van der Waals surface area (Å²) in [5.74, 6) is -0.963. The van der Waals surface area contributed by atoms with Gasteiger partial charge in [-0.15, -0.1) is 11.6 Å². The molecule has 0 saturated heterocycles. The van der Waals surface area contributed by atoms with Crippen LogP contribution in [0.5, 0.6) is 5.75 Å². The highest BCUT2D eigenvalue weighted by Crippen LogP contribution is 2.33. The van der Waals surface area contributed by atoms with E-state index in [1.165, 1.54) is 12.1 Å². The minimum atomic E-state index is -0.669. The van der Waals surface area contributed by atoms with E-state index in [0.29, 0.717) is 0 Å². The zero-order chi connectivity index (χ0) is 13.7. The SMILES string of the molecule is O=C(CCCl)C(=O)COc1cc(Cl)c(Cl)cc1Cl. The summed E-state index contributed by atoms with van der Waals surface area (Å²) in [6.07, 6.45) is -0.0150. The molecule has 18 heavy (non-hydrogen) atoms. The molecule has 0 aliphatic rings. The van der Waals surface area contributed by atoms with Crippen LogP contribution in [-0.2, 0) is 9.59 Å². The lowest BCUT2D eigenvalue weighted by molar-refractivity contribution is -0.137. The number of carbonyl (C=O) groups is 2. The Morgan fingerprint density at radius 2 is 1.61 bits per heavy atom. The van der Waals surface area contributed by atoms with Crippen molar-refractivity contribution in [2.45, 2.75) is 6.42 Å². The summed E-state index contributed by atoms with van der Waals surface area (Å²) in [4.78, 5) is 22.5. The molecular weight excluding hydrogens is 322 g/mol.